The van der Waals surface area contributed by atoms with Gasteiger partial charge in [0.25, 0.3) is 0 Å². The zero-order valence-electron chi connectivity index (χ0n) is 16.2. The summed E-state index contributed by atoms with van der Waals surface area (Å²) in [4.78, 5) is 16.0. The van der Waals surface area contributed by atoms with Crippen molar-refractivity contribution < 1.29 is 9.90 Å². The Morgan fingerprint density at radius 3 is 2.63 bits per heavy atom. The van der Waals surface area contributed by atoms with E-state index < -0.39 is 5.97 Å². The van der Waals surface area contributed by atoms with Crippen LogP contribution in [-0.4, -0.2) is 65.2 Å². The van der Waals surface area contributed by atoms with E-state index in [1.54, 1.807) is 0 Å². The summed E-state index contributed by atoms with van der Waals surface area (Å²) in [5.41, 5.74) is 1.39. The molecule has 0 bridgehead atoms. The Hall–Kier alpha value is -1.43. The zero-order valence-corrected chi connectivity index (χ0v) is 16.2. The molecule has 1 aromatic rings. The molecule has 1 heterocycles. The summed E-state index contributed by atoms with van der Waals surface area (Å²) >= 11 is 0. The third kappa shape index (κ3) is 5.53. The normalized spacial score (nSPS) is 28.9. The lowest BCUT2D eigenvalue weighted by Crippen LogP contribution is -2.58. The SMILES string of the molecule is O=C(O)CN(CC1CC1)C1CC(NC2CCCN(Cc3ccccc3)C2)C1. The minimum atomic E-state index is -0.684. The lowest BCUT2D eigenvalue weighted by molar-refractivity contribution is -0.139. The van der Waals surface area contributed by atoms with Crippen molar-refractivity contribution in [3.8, 4) is 0 Å². The highest BCUT2D eigenvalue weighted by Crippen LogP contribution is 2.34. The molecule has 148 valence electrons. The molecule has 3 aliphatic rings. The summed E-state index contributed by atoms with van der Waals surface area (Å²) in [6.07, 6.45) is 7.29. The molecule has 2 N–H and O–H groups in total. The predicted molar refractivity (Wildman–Crippen MR) is 107 cm³/mol. The Kier molecular flexibility index (Phi) is 6.11. The van der Waals surface area contributed by atoms with Crippen LogP contribution in [0.25, 0.3) is 0 Å². The van der Waals surface area contributed by atoms with E-state index in [0.717, 1.165) is 38.4 Å². The van der Waals surface area contributed by atoms with E-state index in [4.69, 9.17) is 0 Å². The number of carboxylic acids is 1. The van der Waals surface area contributed by atoms with Gasteiger partial charge in [-0.1, -0.05) is 30.3 Å². The van der Waals surface area contributed by atoms with Gasteiger partial charge in [0, 0.05) is 37.8 Å². The monoisotopic (exact) mass is 371 g/mol. The molecule has 4 rings (SSSR count). The first-order chi connectivity index (χ1) is 13.2. The number of aliphatic carboxylic acids is 1. The van der Waals surface area contributed by atoms with Crippen molar-refractivity contribution in [3.05, 3.63) is 35.9 Å². The molecule has 3 fully saturated rings. The predicted octanol–water partition coefficient (Wildman–Crippen LogP) is 2.57. The van der Waals surface area contributed by atoms with Crippen molar-refractivity contribution in [2.24, 2.45) is 5.92 Å². The highest BCUT2D eigenvalue weighted by atomic mass is 16.4. The minimum Gasteiger partial charge on any atom is -0.480 e. The number of hydrogen-bond acceptors (Lipinski definition) is 4. The number of nitrogens with one attached hydrogen (secondary N) is 1. The van der Waals surface area contributed by atoms with Gasteiger partial charge in [0.1, 0.15) is 0 Å². The molecule has 2 aliphatic carbocycles. The van der Waals surface area contributed by atoms with Crippen molar-refractivity contribution in [1.82, 2.24) is 15.1 Å². The smallest absolute Gasteiger partial charge is 0.317 e. The van der Waals surface area contributed by atoms with Gasteiger partial charge in [-0.05, 0) is 56.6 Å². The summed E-state index contributed by atoms with van der Waals surface area (Å²) < 4.78 is 0. The van der Waals surface area contributed by atoms with Gasteiger partial charge in [0.05, 0.1) is 6.54 Å². The number of benzene rings is 1. The summed E-state index contributed by atoms with van der Waals surface area (Å²) in [5.74, 6) is 0.0668. The van der Waals surface area contributed by atoms with Crippen molar-refractivity contribution in [1.29, 1.82) is 0 Å². The van der Waals surface area contributed by atoms with Crippen molar-refractivity contribution in [2.75, 3.05) is 26.2 Å². The van der Waals surface area contributed by atoms with E-state index in [2.05, 4.69) is 45.4 Å². The second kappa shape index (κ2) is 8.72. The van der Waals surface area contributed by atoms with Gasteiger partial charge in [-0.15, -0.1) is 0 Å². The zero-order chi connectivity index (χ0) is 18.6. The van der Waals surface area contributed by atoms with Gasteiger partial charge in [-0.3, -0.25) is 14.6 Å². The first-order valence-electron chi connectivity index (χ1n) is 10.6. The fraction of sp³-hybridized carbons (Fsp3) is 0.682. The average Bonchev–Trinajstić information content (AvgIpc) is 3.42. The maximum absolute atomic E-state index is 11.2. The van der Waals surface area contributed by atoms with Crippen LogP contribution in [0, 0.1) is 5.92 Å². The third-order valence-corrected chi connectivity index (χ3v) is 6.38. The molecule has 1 aliphatic heterocycles. The topological polar surface area (TPSA) is 55.8 Å². The summed E-state index contributed by atoms with van der Waals surface area (Å²) in [6.45, 7) is 4.55. The quantitative estimate of drug-likeness (QED) is 0.699. The molecule has 1 unspecified atom stereocenters. The van der Waals surface area contributed by atoms with E-state index in [0.29, 0.717) is 18.1 Å². The molecule has 1 saturated heterocycles. The average molecular weight is 372 g/mol. The molecule has 1 atom stereocenters. The molecule has 0 spiro atoms. The van der Waals surface area contributed by atoms with Crippen molar-refractivity contribution in [3.63, 3.8) is 0 Å². The molecule has 0 radical (unpaired) electrons. The van der Waals surface area contributed by atoms with Crippen molar-refractivity contribution >= 4 is 5.97 Å². The van der Waals surface area contributed by atoms with E-state index in [1.165, 1.54) is 37.8 Å². The molecule has 1 aromatic carbocycles. The Morgan fingerprint density at radius 1 is 1.15 bits per heavy atom. The fourth-order valence-electron chi connectivity index (χ4n) is 4.68. The largest absolute Gasteiger partial charge is 0.480 e. The van der Waals surface area contributed by atoms with E-state index in [-0.39, 0.29) is 6.54 Å². The van der Waals surface area contributed by atoms with E-state index in [9.17, 15) is 9.90 Å². The van der Waals surface area contributed by atoms with Crippen LogP contribution in [0.2, 0.25) is 0 Å². The Bertz CT molecular complexity index is 613. The second-order valence-electron chi connectivity index (χ2n) is 8.82. The Balaban J connectivity index is 1.21. The highest BCUT2D eigenvalue weighted by Gasteiger charge is 2.38. The number of piperidine rings is 1. The van der Waals surface area contributed by atoms with Gasteiger partial charge >= 0.3 is 5.97 Å². The Labute approximate surface area is 162 Å². The van der Waals surface area contributed by atoms with Crippen LogP contribution in [0.5, 0.6) is 0 Å². The van der Waals surface area contributed by atoms with Crippen LogP contribution in [0.1, 0.15) is 44.1 Å². The van der Waals surface area contributed by atoms with Crippen LogP contribution in [0.15, 0.2) is 30.3 Å². The number of nitrogens with zero attached hydrogens (tertiary/aromatic N) is 2. The van der Waals surface area contributed by atoms with E-state index >= 15 is 0 Å². The number of carbonyl (C=O) groups is 1. The third-order valence-electron chi connectivity index (χ3n) is 6.38. The van der Waals surface area contributed by atoms with Crippen LogP contribution in [-0.2, 0) is 11.3 Å². The van der Waals surface area contributed by atoms with Gasteiger partial charge in [-0.25, -0.2) is 0 Å². The van der Waals surface area contributed by atoms with Gasteiger partial charge in [0.2, 0.25) is 0 Å². The number of rotatable bonds is 9. The lowest BCUT2D eigenvalue weighted by Gasteiger charge is -2.45. The van der Waals surface area contributed by atoms with Gasteiger partial charge in [0.15, 0.2) is 0 Å². The maximum atomic E-state index is 11.2. The first-order valence-corrected chi connectivity index (χ1v) is 10.6. The van der Waals surface area contributed by atoms with Crippen LogP contribution in [0.4, 0.5) is 0 Å². The van der Waals surface area contributed by atoms with Gasteiger partial charge < -0.3 is 10.4 Å². The number of carboxylic acid groups (broad SMARTS) is 1. The molecule has 0 amide bonds. The molecular formula is C22H33N3O2. The summed E-state index contributed by atoms with van der Waals surface area (Å²) in [6, 6.07) is 12.3. The number of likely N-dealkylation sites (tertiary alicyclic amines) is 1. The molecule has 5 nitrogen and oxygen atoms in total. The van der Waals surface area contributed by atoms with Crippen LogP contribution in [0.3, 0.4) is 0 Å². The maximum Gasteiger partial charge on any atom is 0.317 e. The highest BCUT2D eigenvalue weighted by molar-refractivity contribution is 5.69. The summed E-state index contributed by atoms with van der Waals surface area (Å²) in [5, 5.41) is 13.1. The summed E-state index contributed by atoms with van der Waals surface area (Å²) in [7, 11) is 0. The molecule has 0 aromatic heterocycles. The Morgan fingerprint density at radius 2 is 1.93 bits per heavy atom. The molecule has 27 heavy (non-hydrogen) atoms. The fourth-order valence-corrected chi connectivity index (χ4v) is 4.68. The second-order valence-corrected chi connectivity index (χ2v) is 8.82. The molecule has 5 heteroatoms. The van der Waals surface area contributed by atoms with E-state index in [1.807, 2.05) is 0 Å². The molecule has 2 saturated carbocycles. The first kappa shape index (κ1) is 18.9. The minimum absolute atomic E-state index is 0.210. The van der Waals surface area contributed by atoms with Crippen LogP contribution >= 0.6 is 0 Å². The molecular weight excluding hydrogens is 338 g/mol. The van der Waals surface area contributed by atoms with Crippen molar-refractivity contribution in [2.45, 2.75) is 63.2 Å². The number of hydrogen-bond donors (Lipinski definition) is 2. The van der Waals surface area contributed by atoms with Gasteiger partial charge in [-0.2, -0.15) is 0 Å². The van der Waals surface area contributed by atoms with Crippen LogP contribution < -0.4 is 5.32 Å². The standard InChI is InChI=1S/C22H33N3O2/c26-22(27)16-25(14-18-8-9-18)21-11-20(12-21)23-19-7-4-10-24(15-19)13-17-5-2-1-3-6-17/h1-3,5-6,18-21,23H,4,7-16H2,(H,26,27). The lowest BCUT2D eigenvalue weighted by atomic mass is 9.84.